The van der Waals surface area contributed by atoms with Gasteiger partial charge in [-0.2, -0.15) is 0 Å². The molecule has 140 valence electrons. The van der Waals surface area contributed by atoms with Crippen molar-refractivity contribution in [1.29, 1.82) is 0 Å². The Bertz CT molecular complexity index is 562. The van der Waals surface area contributed by atoms with Crippen molar-refractivity contribution in [3.63, 3.8) is 0 Å². The van der Waals surface area contributed by atoms with Crippen molar-refractivity contribution < 1.29 is 14.0 Å². The third-order valence-electron chi connectivity index (χ3n) is 5.10. The molecule has 1 aromatic heterocycles. The van der Waals surface area contributed by atoms with Gasteiger partial charge in [0.25, 0.3) is 5.91 Å². The van der Waals surface area contributed by atoms with Crippen LogP contribution in [0.25, 0.3) is 0 Å². The second kappa shape index (κ2) is 9.25. The Kier molecular flexibility index (Phi) is 7.32. The molecule has 0 saturated carbocycles. The highest BCUT2D eigenvalue weighted by atomic mass is 35.5. The maximum atomic E-state index is 13.1. The van der Waals surface area contributed by atoms with Crippen LogP contribution in [0.3, 0.4) is 0 Å². The van der Waals surface area contributed by atoms with Gasteiger partial charge in [0.15, 0.2) is 5.76 Å². The van der Waals surface area contributed by atoms with E-state index in [0.717, 1.165) is 51.7 Å². The molecule has 2 fully saturated rings. The normalized spacial score (nSPS) is 23.9. The van der Waals surface area contributed by atoms with Crippen molar-refractivity contribution >= 4 is 24.2 Å². The minimum absolute atomic E-state index is 0. The van der Waals surface area contributed by atoms with Gasteiger partial charge in [-0.3, -0.25) is 9.59 Å². The molecule has 2 atom stereocenters. The number of halogens is 1. The number of nitrogens with zero attached hydrogens (tertiary/aromatic N) is 2. The first-order valence-corrected chi connectivity index (χ1v) is 8.98. The summed E-state index contributed by atoms with van der Waals surface area (Å²) in [7, 11) is 1.95. The van der Waals surface area contributed by atoms with E-state index < -0.39 is 0 Å². The minimum Gasteiger partial charge on any atom is -0.459 e. The number of hydrogen-bond donors (Lipinski definition) is 1. The Morgan fingerprint density at radius 1 is 1.24 bits per heavy atom. The quantitative estimate of drug-likeness (QED) is 0.883. The summed E-state index contributed by atoms with van der Waals surface area (Å²) in [6.45, 7) is 3.16. The lowest BCUT2D eigenvalue weighted by atomic mass is 9.95. The van der Waals surface area contributed by atoms with Crippen molar-refractivity contribution in [2.24, 2.45) is 5.92 Å². The highest BCUT2D eigenvalue weighted by Gasteiger charge is 2.37. The molecule has 3 heterocycles. The topological polar surface area (TPSA) is 65.8 Å². The van der Waals surface area contributed by atoms with E-state index in [0.29, 0.717) is 18.2 Å². The van der Waals surface area contributed by atoms with Crippen LogP contribution < -0.4 is 5.32 Å². The third kappa shape index (κ3) is 4.55. The number of carbonyl (C=O) groups is 2. The first-order chi connectivity index (χ1) is 11.7. The van der Waals surface area contributed by atoms with E-state index in [1.54, 1.807) is 17.0 Å². The van der Waals surface area contributed by atoms with Gasteiger partial charge in [-0.1, -0.05) is 0 Å². The summed E-state index contributed by atoms with van der Waals surface area (Å²) in [6.07, 6.45) is 6.38. The highest BCUT2D eigenvalue weighted by molar-refractivity contribution is 5.95. The highest BCUT2D eigenvalue weighted by Crippen LogP contribution is 2.24. The molecular formula is C18H28ClN3O3. The average Bonchev–Trinajstić information content (AvgIpc) is 3.16. The van der Waals surface area contributed by atoms with Gasteiger partial charge >= 0.3 is 0 Å². The molecule has 2 unspecified atom stereocenters. The maximum absolute atomic E-state index is 13.1. The molecular weight excluding hydrogens is 342 g/mol. The van der Waals surface area contributed by atoms with Crippen LogP contribution in [-0.4, -0.2) is 60.9 Å². The zero-order valence-electron chi connectivity index (χ0n) is 14.8. The molecule has 25 heavy (non-hydrogen) atoms. The lowest BCUT2D eigenvalue weighted by molar-refractivity contribution is -0.139. The molecule has 7 heteroatoms. The van der Waals surface area contributed by atoms with Gasteiger partial charge in [0.1, 0.15) is 6.04 Å². The van der Waals surface area contributed by atoms with E-state index in [1.807, 2.05) is 11.9 Å². The zero-order chi connectivity index (χ0) is 16.9. The predicted octanol–water partition coefficient (Wildman–Crippen LogP) is 2.15. The number of hydrogen-bond acceptors (Lipinski definition) is 4. The fourth-order valence-corrected chi connectivity index (χ4v) is 3.90. The molecule has 1 N–H and O–H groups in total. The third-order valence-corrected chi connectivity index (χ3v) is 5.10. The zero-order valence-corrected chi connectivity index (χ0v) is 15.6. The smallest absolute Gasteiger partial charge is 0.290 e. The van der Waals surface area contributed by atoms with Gasteiger partial charge in [-0.15, -0.1) is 12.4 Å². The maximum Gasteiger partial charge on any atom is 0.290 e. The number of amides is 2. The van der Waals surface area contributed by atoms with Crippen LogP contribution in [0.1, 0.15) is 42.7 Å². The first-order valence-electron chi connectivity index (χ1n) is 8.98. The minimum atomic E-state index is -0.343. The van der Waals surface area contributed by atoms with E-state index in [9.17, 15) is 9.59 Å². The lowest BCUT2D eigenvalue weighted by Crippen LogP contribution is -2.55. The molecule has 2 amide bonds. The Labute approximate surface area is 155 Å². The molecule has 3 rings (SSSR count). The fraction of sp³-hybridized carbons (Fsp3) is 0.667. The number of carbonyl (C=O) groups excluding carboxylic acids is 2. The van der Waals surface area contributed by atoms with Crippen LogP contribution in [0.2, 0.25) is 0 Å². The molecule has 1 aromatic rings. The molecule has 0 aliphatic carbocycles. The largest absolute Gasteiger partial charge is 0.459 e. The Morgan fingerprint density at radius 2 is 2.08 bits per heavy atom. The summed E-state index contributed by atoms with van der Waals surface area (Å²) in [4.78, 5) is 29.4. The fourth-order valence-electron chi connectivity index (χ4n) is 3.90. The number of furan rings is 1. The second-order valence-corrected chi connectivity index (χ2v) is 6.84. The monoisotopic (exact) mass is 369 g/mol. The summed E-state index contributed by atoms with van der Waals surface area (Å²) in [6, 6.07) is 3.04. The molecule has 6 nitrogen and oxygen atoms in total. The van der Waals surface area contributed by atoms with Crippen molar-refractivity contribution in [2.45, 2.75) is 38.1 Å². The summed E-state index contributed by atoms with van der Waals surface area (Å²) >= 11 is 0. The van der Waals surface area contributed by atoms with Crippen molar-refractivity contribution in [3.8, 4) is 0 Å². The average molecular weight is 370 g/mol. The summed E-state index contributed by atoms with van der Waals surface area (Å²) < 4.78 is 5.25. The summed E-state index contributed by atoms with van der Waals surface area (Å²) in [5.74, 6) is 0.768. The van der Waals surface area contributed by atoms with Gasteiger partial charge in [-0.25, -0.2) is 0 Å². The van der Waals surface area contributed by atoms with Crippen molar-refractivity contribution in [3.05, 3.63) is 24.2 Å². The van der Waals surface area contributed by atoms with Gasteiger partial charge in [-0.05, 0) is 63.7 Å². The van der Waals surface area contributed by atoms with Crippen molar-refractivity contribution in [2.75, 3.05) is 33.2 Å². The Morgan fingerprint density at radius 3 is 2.80 bits per heavy atom. The van der Waals surface area contributed by atoms with Crippen LogP contribution >= 0.6 is 12.4 Å². The van der Waals surface area contributed by atoms with Crippen molar-refractivity contribution in [1.82, 2.24) is 15.1 Å². The van der Waals surface area contributed by atoms with E-state index in [4.69, 9.17) is 4.42 Å². The standard InChI is InChI=1S/C18H27N3O3.ClH/c1-19-12-14-6-4-9-20(13-14)17(22)15-7-2-3-10-21(15)18(23)16-8-5-11-24-16;/h5,8,11,14-15,19H,2-4,6-7,9-10,12-13H2,1H3;1H. The van der Waals surface area contributed by atoms with E-state index in [2.05, 4.69) is 5.32 Å². The number of nitrogens with one attached hydrogen (secondary N) is 1. The molecule has 2 aliphatic heterocycles. The molecule has 0 spiro atoms. The van der Waals surface area contributed by atoms with Gasteiger partial charge < -0.3 is 19.5 Å². The first kappa shape index (κ1) is 19.8. The van der Waals surface area contributed by atoms with Gasteiger partial charge in [0.2, 0.25) is 5.91 Å². The predicted molar refractivity (Wildman–Crippen MR) is 97.9 cm³/mol. The number of rotatable bonds is 4. The van der Waals surface area contributed by atoms with Crippen LogP contribution in [0.15, 0.2) is 22.8 Å². The van der Waals surface area contributed by atoms with Crippen LogP contribution in [-0.2, 0) is 4.79 Å². The molecule has 2 aliphatic rings. The van der Waals surface area contributed by atoms with Crippen LogP contribution in [0, 0.1) is 5.92 Å². The van der Waals surface area contributed by atoms with E-state index in [1.165, 1.54) is 6.26 Å². The second-order valence-electron chi connectivity index (χ2n) is 6.84. The van der Waals surface area contributed by atoms with Crippen LogP contribution in [0.5, 0.6) is 0 Å². The van der Waals surface area contributed by atoms with E-state index >= 15 is 0 Å². The Balaban J connectivity index is 0.00000225. The van der Waals surface area contributed by atoms with Gasteiger partial charge in [0, 0.05) is 19.6 Å². The van der Waals surface area contributed by atoms with Crippen LogP contribution in [0.4, 0.5) is 0 Å². The summed E-state index contributed by atoms with van der Waals surface area (Å²) in [5, 5.41) is 3.21. The lowest BCUT2D eigenvalue weighted by Gasteiger charge is -2.40. The van der Waals surface area contributed by atoms with Gasteiger partial charge in [0.05, 0.1) is 6.26 Å². The molecule has 0 radical (unpaired) electrons. The SMILES string of the molecule is CNCC1CCCN(C(=O)C2CCCCN2C(=O)c2ccco2)C1.Cl. The molecule has 0 bridgehead atoms. The number of likely N-dealkylation sites (tertiary alicyclic amines) is 2. The Hall–Kier alpha value is -1.53. The number of piperidine rings is 2. The van der Waals surface area contributed by atoms with E-state index in [-0.39, 0.29) is 30.3 Å². The molecule has 2 saturated heterocycles. The molecule has 0 aromatic carbocycles. The summed E-state index contributed by atoms with van der Waals surface area (Å²) in [5.41, 5.74) is 0.